The molecule has 1 saturated carbocycles. The Balaban J connectivity index is 1.91. The van der Waals surface area contributed by atoms with Crippen LogP contribution in [0, 0.1) is 0 Å². The van der Waals surface area contributed by atoms with Gasteiger partial charge in [-0.1, -0.05) is 0 Å². The van der Waals surface area contributed by atoms with Crippen LogP contribution in [0.4, 0.5) is 0 Å². The minimum atomic E-state index is -3.30. The van der Waals surface area contributed by atoms with Crippen molar-refractivity contribution in [1.29, 1.82) is 0 Å². The highest BCUT2D eigenvalue weighted by molar-refractivity contribution is 7.92. The molecule has 1 aliphatic heterocycles. The Kier molecular flexibility index (Phi) is 3.69. The van der Waals surface area contributed by atoms with E-state index in [1.54, 1.807) is 0 Å². The third-order valence-corrected chi connectivity index (χ3v) is 5.80. The maximum atomic E-state index is 11.9. The highest BCUT2D eigenvalue weighted by Gasteiger charge is 2.41. The summed E-state index contributed by atoms with van der Waals surface area (Å²) in [6.07, 6.45) is 6.49. The average Bonchev–Trinajstić information content (AvgIpc) is 2.25. The molecule has 2 aliphatic rings. The summed E-state index contributed by atoms with van der Waals surface area (Å²) in [5, 5.41) is 5.46. The van der Waals surface area contributed by atoms with Crippen molar-refractivity contribution in [1.82, 2.24) is 10.6 Å². The van der Waals surface area contributed by atoms with Crippen LogP contribution in [0.1, 0.15) is 39.0 Å². The first-order valence-corrected chi connectivity index (χ1v) is 8.52. The molecule has 2 N–H and O–H groups in total. The molecular weight excluding hydrogens is 252 g/mol. The molecule has 18 heavy (non-hydrogen) atoms. The van der Waals surface area contributed by atoms with Crippen LogP contribution < -0.4 is 10.6 Å². The van der Waals surface area contributed by atoms with Crippen LogP contribution in [0.5, 0.6) is 0 Å². The summed E-state index contributed by atoms with van der Waals surface area (Å²) in [7, 11) is -3.30. The molecule has 104 valence electrons. The van der Waals surface area contributed by atoms with Gasteiger partial charge in [0.05, 0.1) is 0 Å². The molecule has 1 amide bonds. The fraction of sp³-hybridized carbons (Fsp3) is 0.917. The van der Waals surface area contributed by atoms with Gasteiger partial charge in [0.25, 0.3) is 0 Å². The van der Waals surface area contributed by atoms with Crippen LogP contribution in [-0.4, -0.2) is 44.0 Å². The number of carbonyl (C=O) groups is 1. The SMILES string of the molecule is CC(C(=O)NC1CCNC2(CCC2)C1)S(C)(=O)=O. The monoisotopic (exact) mass is 274 g/mol. The van der Waals surface area contributed by atoms with Gasteiger partial charge < -0.3 is 10.6 Å². The third kappa shape index (κ3) is 2.85. The number of hydrogen-bond donors (Lipinski definition) is 2. The lowest BCUT2D eigenvalue weighted by molar-refractivity contribution is -0.121. The largest absolute Gasteiger partial charge is 0.352 e. The molecule has 0 aromatic rings. The zero-order chi connectivity index (χ0) is 13.4. The van der Waals surface area contributed by atoms with Crippen molar-refractivity contribution in [3.05, 3.63) is 0 Å². The first-order chi connectivity index (χ1) is 8.32. The van der Waals surface area contributed by atoms with Crippen molar-refractivity contribution < 1.29 is 13.2 Å². The first kappa shape index (κ1) is 13.8. The Labute approximate surface area is 109 Å². The van der Waals surface area contributed by atoms with Gasteiger partial charge in [0.2, 0.25) is 5.91 Å². The number of nitrogens with one attached hydrogen (secondary N) is 2. The minimum absolute atomic E-state index is 0.114. The van der Waals surface area contributed by atoms with E-state index in [2.05, 4.69) is 10.6 Å². The fourth-order valence-electron chi connectivity index (χ4n) is 2.78. The molecule has 1 spiro atoms. The second-order valence-electron chi connectivity index (χ2n) is 5.73. The topological polar surface area (TPSA) is 75.3 Å². The van der Waals surface area contributed by atoms with E-state index in [-0.39, 0.29) is 17.5 Å². The number of piperidine rings is 1. The molecule has 6 heteroatoms. The summed E-state index contributed by atoms with van der Waals surface area (Å²) in [6, 6.07) is 0.114. The number of carbonyl (C=O) groups excluding carboxylic acids is 1. The lowest BCUT2D eigenvalue weighted by atomic mass is 9.70. The van der Waals surface area contributed by atoms with E-state index in [9.17, 15) is 13.2 Å². The Bertz CT molecular complexity index is 429. The van der Waals surface area contributed by atoms with Gasteiger partial charge in [-0.15, -0.1) is 0 Å². The maximum absolute atomic E-state index is 11.9. The van der Waals surface area contributed by atoms with E-state index in [0.717, 1.165) is 25.6 Å². The van der Waals surface area contributed by atoms with Crippen molar-refractivity contribution >= 4 is 15.7 Å². The first-order valence-electron chi connectivity index (χ1n) is 6.57. The summed E-state index contributed by atoms with van der Waals surface area (Å²) in [6.45, 7) is 2.35. The standard InChI is InChI=1S/C12H22N2O3S/c1-9(18(2,16)17)11(15)14-10-4-7-13-12(8-10)5-3-6-12/h9-10,13H,3-8H2,1-2H3,(H,14,15). The molecule has 0 aromatic carbocycles. The number of rotatable bonds is 3. The van der Waals surface area contributed by atoms with Crippen molar-refractivity contribution in [2.24, 2.45) is 0 Å². The van der Waals surface area contributed by atoms with E-state index >= 15 is 0 Å². The summed E-state index contributed by atoms with van der Waals surface area (Å²) < 4.78 is 22.7. The van der Waals surface area contributed by atoms with Crippen molar-refractivity contribution in [3.63, 3.8) is 0 Å². The van der Waals surface area contributed by atoms with E-state index in [0.29, 0.717) is 0 Å². The lowest BCUT2D eigenvalue weighted by Gasteiger charge is -2.48. The highest BCUT2D eigenvalue weighted by Crippen LogP contribution is 2.38. The third-order valence-electron chi connectivity index (χ3n) is 4.30. The van der Waals surface area contributed by atoms with Gasteiger partial charge >= 0.3 is 0 Å². The molecule has 0 aromatic heterocycles. The van der Waals surface area contributed by atoms with Crippen LogP contribution in [0.3, 0.4) is 0 Å². The predicted molar refractivity (Wildman–Crippen MR) is 70.1 cm³/mol. The molecule has 1 saturated heterocycles. The molecule has 5 nitrogen and oxygen atoms in total. The molecule has 2 rings (SSSR count). The summed E-state index contributed by atoms with van der Waals surface area (Å²) in [4.78, 5) is 11.9. The van der Waals surface area contributed by atoms with Gasteiger partial charge in [-0.05, 0) is 45.6 Å². The molecule has 2 atom stereocenters. The molecule has 2 fully saturated rings. The van der Waals surface area contributed by atoms with Gasteiger partial charge in [-0.3, -0.25) is 4.79 Å². The Morgan fingerprint density at radius 1 is 1.44 bits per heavy atom. The summed E-state index contributed by atoms with van der Waals surface area (Å²) >= 11 is 0. The summed E-state index contributed by atoms with van der Waals surface area (Å²) in [5.74, 6) is -0.362. The highest BCUT2D eigenvalue weighted by atomic mass is 32.2. The normalized spacial score (nSPS) is 28.4. The second kappa shape index (κ2) is 4.81. The molecule has 2 unspecified atom stereocenters. The fourth-order valence-corrected chi connectivity index (χ4v) is 3.23. The zero-order valence-corrected chi connectivity index (χ0v) is 11.8. The molecule has 0 bridgehead atoms. The van der Waals surface area contributed by atoms with Gasteiger partial charge in [-0.25, -0.2) is 8.42 Å². The van der Waals surface area contributed by atoms with Crippen molar-refractivity contribution in [2.75, 3.05) is 12.8 Å². The van der Waals surface area contributed by atoms with Crippen LogP contribution in [0.25, 0.3) is 0 Å². The van der Waals surface area contributed by atoms with E-state index in [1.165, 1.54) is 26.2 Å². The molecule has 0 radical (unpaired) electrons. The number of hydrogen-bond acceptors (Lipinski definition) is 4. The van der Waals surface area contributed by atoms with E-state index in [1.807, 2.05) is 0 Å². The van der Waals surface area contributed by atoms with Crippen LogP contribution in [-0.2, 0) is 14.6 Å². The minimum Gasteiger partial charge on any atom is -0.352 e. The van der Waals surface area contributed by atoms with Crippen LogP contribution in [0.2, 0.25) is 0 Å². The van der Waals surface area contributed by atoms with E-state index in [4.69, 9.17) is 0 Å². The summed E-state index contributed by atoms with van der Waals surface area (Å²) in [5.41, 5.74) is 0.213. The number of amides is 1. The quantitative estimate of drug-likeness (QED) is 0.771. The molecular formula is C12H22N2O3S. The Morgan fingerprint density at radius 3 is 2.61 bits per heavy atom. The van der Waals surface area contributed by atoms with Gasteiger partial charge in [-0.2, -0.15) is 0 Å². The molecule has 1 aliphatic carbocycles. The van der Waals surface area contributed by atoms with Gasteiger partial charge in [0, 0.05) is 17.8 Å². The second-order valence-corrected chi connectivity index (χ2v) is 8.10. The van der Waals surface area contributed by atoms with Gasteiger partial charge in [0.15, 0.2) is 9.84 Å². The lowest BCUT2D eigenvalue weighted by Crippen LogP contribution is -2.60. The molecule has 1 heterocycles. The predicted octanol–water partition coefficient (Wildman–Crippen LogP) is 0.210. The number of sulfone groups is 1. The Morgan fingerprint density at radius 2 is 2.11 bits per heavy atom. The van der Waals surface area contributed by atoms with Crippen molar-refractivity contribution in [2.45, 2.75) is 55.9 Å². The zero-order valence-electron chi connectivity index (χ0n) is 11.0. The van der Waals surface area contributed by atoms with Crippen LogP contribution >= 0.6 is 0 Å². The van der Waals surface area contributed by atoms with Crippen molar-refractivity contribution in [3.8, 4) is 0 Å². The maximum Gasteiger partial charge on any atom is 0.238 e. The van der Waals surface area contributed by atoms with Gasteiger partial charge in [0.1, 0.15) is 5.25 Å². The average molecular weight is 274 g/mol. The van der Waals surface area contributed by atoms with Crippen LogP contribution in [0.15, 0.2) is 0 Å². The smallest absolute Gasteiger partial charge is 0.238 e. The Hall–Kier alpha value is -0.620. The van der Waals surface area contributed by atoms with E-state index < -0.39 is 15.1 Å².